The fraction of sp³-hybridized carbons (Fsp3) is 0.115. The first-order valence-corrected chi connectivity index (χ1v) is 25.7. The number of anilines is 1. The van der Waals surface area contributed by atoms with Crippen molar-refractivity contribution in [2.24, 2.45) is 25.4 Å². The van der Waals surface area contributed by atoms with Crippen molar-refractivity contribution >= 4 is 160 Å². The van der Waals surface area contributed by atoms with Crippen molar-refractivity contribution in [1.82, 2.24) is 0 Å². The maximum atomic E-state index is 13.4. The summed E-state index contributed by atoms with van der Waals surface area (Å²) in [6, 6.07) is 35.2. The van der Waals surface area contributed by atoms with Crippen molar-refractivity contribution in [2.45, 2.75) is 36.5 Å². The first-order valence-electron chi connectivity index (χ1n) is 22.0. The number of aryl methyl sites for hydroxylation is 2. The molecule has 0 unspecified atom stereocenters. The second-order valence-corrected chi connectivity index (χ2v) is 19.4. The van der Waals surface area contributed by atoms with E-state index in [0.717, 1.165) is 0 Å². The number of hydrogen-bond acceptors (Lipinski definition) is 15. The molecule has 1 amide bonds. The van der Waals surface area contributed by atoms with Crippen LogP contribution in [0.5, 0.6) is 23.0 Å². The molecule has 23 heteroatoms. The molecule has 8 rings (SSSR count). The zero-order valence-corrected chi connectivity index (χ0v) is 47.7. The normalized spacial score (nSPS) is 11.9. The van der Waals surface area contributed by atoms with Gasteiger partial charge in [0.2, 0.25) is 0 Å². The van der Waals surface area contributed by atoms with Crippen LogP contribution >= 0.6 is 23.2 Å². The summed E-state index contributed by atoms with van der Waals surface area (Å²) in [6.45, 7) is 3.38. The summed E-state index contributed by atoms with van der Waals surface area (Å²) < 4.78 is 78.5. The van der Waals surface area contributed by atoms with Crippen LogP contribution < -0.4 is 25.0 Å². The van der Waals surface area contributed by atoms with Crippen LogP contribution in [-0.4, -0.2) is 106 Å². The van der Waals surface area contributed by atoms with Gasteiger partial charge >= 0.3 is 48.9 Å². The molecular weight excluding hydrogens is 1170 g/mol. The Hall–Kier alpha value is -6.41. The van der Waals surface area contributed by atoms with Crippen LogP contribution in [0, 0.1) is 0 Å². The van der Waals surface area contributed by atoms with Gasteiger partial charge in [-0.2, -0.15) is 21.9 Å². The minimum atomic E-state index is -4.68. The van der Waals surface area contributed by atoms with Crippen LogP contribution in [0.15, 0.2) is 169 Å². The van der Waals surface area contributed by atoms with Gasteiger partial charge in [-0.1, -0.05) is 116 Å². The third kappa shape index (κ3) is 13.3. The van der Waals surface area contributed by atoms with E-state index in [-0.39, 0.29) is 122 Å². The molecule has 8 aromatic carbocycles. The molecule has 8 aromatic rings. The van der Waals surface area contributed by atoms with E-state index in [4.69, 9.17) is 32.7 Å². The molecule has 18 nitrogen and oxygen atoms in total. The Kier molecular flexibility index (Phi) is 19.3. The molecular formula is C52H42BaCl2N6O12S2. The Bertz CT molecular complexity index is 3830. The van der Waals surface area contributed by atoms with Crippen LogP contribution in [0.1, 0.15) is 40.9 Å². The second kappa shape index (κ2) is 25.0. The smallest absolute Gasteiger partial charge is 0.871 e. The number of methoxy groups -OCH3 is 2. The number of phenolic OH excluding ortho intramolecular Hbond substituents is 1. The number of amides is 1. The van der Waals surface area contributed by atoms with Crippen molar-refractivity contribution < 1.29 is 55.5 Å². The van der Waals surface area contributed by atoms with E-state index in [9.17, 15) is 46.1 Å². The Labute approximate surface area is 481 Å². The molecule has 0 atom stereocenters. The van der Waals surface area contributed by atoms with Crippen LogP contribution in [0.25, 0.3) is 21.5 Å². The summed E-state index contributed by atoms with van der Waals surface area (Å²) in [6.07, 6.45) is 0.493. The quantitative estimate of drug-likeness (QED) is 0.0260. The van der Waals surface area contributed by atoms with Gasteiger partial charge in [-0.3, -0.25) is 18.9 Å². The van der Waals surface area contributed by atoms with Gasteiger partial charge in [0, 0.05) is 20.8 Å². The molecule has 0 aliphatic carbocycles. The average molecular weight is 1220 g/mol. The van der Waals surface area contributed by atoms with E-state index >= 15 is 0 Å². The number of ether oxygens (including phenoxy) is 2. The van der Waals surface area contributed by atoms with Crippen molar-refractivity contribution in [3.8, 4) is 23.0 Å². The molecule has 0 saturated carbocycles. The summed E-state index contributed by atoms with van der Waals surface area (Å²) >= 11 is 12.3. The van der Waals surface area contributed by atoms with E-state index in [1.54, 1.807) is 111 Å². The van der Waals surface area contributed by atoms with Crippen LogP contribution in [-0.2, 0) is 33.1 Å². The zero-order chi connectivity index (χ0) is 53.5. The number of carbonyl (C=O) groups is 1. The molecule has 0 aliphatic rings. The third-order valence-electron chi connectivity index (χ3n) is 11.1. The van der Waals surface area contributed by atoms with Gasteiger partial charge < -0.3 is 30.1 Å². The van der Waals surface area contributed by atoms with Crippen LogP contribution in [0.4, 0.5) is 34.1 Å². The first-order chi connectivity index (χ1) is 35.3. The minimum Gasteiger partial charge on any atom is -0.871 e. The van der Waals surface area contributed by atoms with Gasteiger partial charge in [0.1, 0.15) is 44.0 Å². The SMILES string of the molecule is CCc1cc(Cl)cc(N=Nc2c(O)c(C(=O)Nc3ccccc3OC)cc3ccccc23)c1S(=O)(=O)O.CCc1cc(Cl)cc(N=Nc2c([O-])c(C([O-])=Nc3ccccc3OC)cc3ccccc23)c1S(=O)(=O)O.[Ba+2]. The standard InChI is InChI=1S/2C26H22ClN3O6S.Ba/c2*1-3-15-12-17(27)14-21(25(15)37(33,34)35)29-30-23-18-9-5-4-8-16(18)13-19(24(23)31)26(32)28-20-10-6-7-11-22(20)36-2;/h2*4-14,31H,3H2,1-2H3,(H,28,32)(H,33,34,35);/q;;+2/p-2. The fourth-order valence-electron chi connectivity index (χ4n) is 7.73. The summed E-state index contributed by atoms with van der Waals surface area (Å²) in [5, 5.41) is 58.7. The number of aromatic hydroxyl groups is 1. The fourth-order valence-corrected chi connectivity index (χ4v) is 10.0. The summed E-state index contributed by atoms with van der Waals surface area (Å²) in [7, 11) is -6.44. The van der Waals surface area contributed by atoms with Gasteiger partial charge in [0.25, 0.3) is 26.1 Å². The number of benzene rings is 8. The second-order valence-electron chi connectivity index (χ2n) is 15.8. The summed E-state index contributed by atoms with van der Waals surface area (Å²) in [5.41, 5.74) is 0.0640. The van der Waals surface area contributed by atoms with Crippen molar-refractivity contribution in [3.05, 3.63) is 166 Å². The van der Waals surface area contributed by atoms with Crippen LogP contribution in [0.2, 0.25) is 10.0 Å². The number of halogens is 2. The van der Waals surface area contributed by atoms with Gasteiger partial charge in [-0.15, -0.1) is 15.3 Å². The molecule has 0 radical (unpaired) electrons. The molecule has 0 bridgehead atoms. The third-order valence-corrected chi connectivity index (χ3v) is 13.5. The number of aliphatic imine (C=N–C) groups is 1. The molecule has 0 saturated heterocycles. The molecule has 0 heterocycles. The van der Waals surface area contributed by atoms with Crippen molar-refractivity contribution in [2.75, 3.05) is 19.5 Å². The Morgan fingerprint density at radius 3 is 1.59 bits per heavy atom. The maximum absolute atomic E-state index is 13.4. The number of azo groups is 2. The molecule has 0 fully saturated rings. The Morgan fingerprint density at radius 1 is 0.613 bits per heavy atom. The first kappa shape index (κ1) is 57.9. The van der Waals surface area contributed by atoms with Crippen molar-refractivity contribution in [3.63, 3.8) is 0 Å². The van der Waals surface area contributed by atoms with E-state index in [1.807, 2.05) is 0 Å². The monoisotopic (exact) mass is 1210 g/mol. The molecule has 0 spiro atoms. The van der Waals surface area contributed by atoms with Gasteiger partial charge in [0.05, 0.1) is 31.2 Å². The number of fused-ring (bicyclic) bond motifs is 2. The molecule has 0 aromatic heterocycles. The molecule has 4 N–H and O–H groups in total. The Morgan fingerprint density at radius 2 is 1.07 bits per heavy atom. The summed E-state index contributed by atoms with van der Waals surface area (Å²) in [4.78, 5) is 16.3. The van der Waals surface area contributed by atoms with Crippen molar-refractivity contribution in [1.29, 1.82) is 0 Å². The van der Waals surface area contributed by atoms with E-state index in [2.05, 4.69) is 30.8 Å². The predicted molar refractivity (Wildman–Crippen MR) is 285 cm³/mol. The number of nitrogens with one attached hydrogen (secondary N) is 1. The molecule has 75 heavy (non-hydrogen) atoms. The van der Waals surface area contributed by atoms with Crippen LogP contribution in [0.3, 0.4) is 0 Å². The van der Waals surface area contributed by atoms with Gasteiger partial charge in [-0.05, 0) is 107 Å². The average Bonchev–Trinajstić information content (AvgIpc) is 3.37. The Balaban J connectivity index is 0.000000241. The number of rotatable bonds is 14. The number of para-hydroxylation sites is 4. The number of phenols is 1. The number of nitrogens with zero attached hydrogens (tertiary/aromatic N) is 5. The topological polar surface area (TPSA) is 284 Å². The number of carbonyl (C=O) groups excluding carboxylic acids is 1. The largest absolute Gasteiger partial charge is 2.00 e. The zero-order valence-electron chi connectivity index (χ0n) is 40.1. The number of hydrogen-bond donors (Lipinski definition) is 4. The van der Waals surface area contributed by atoms with Gasteiger partial charge in [-0.25, -0.2) is 0 Å². The summed E-state index contributed by atoms with van der Waals surface area (Å²) in [5.74, 6) is -1.88. The van der Waals surface area contributed by atoms with E-state index < -0.39 is 53.3 Å². The minimum absolute atomic E-state index is 0. The van der Waals surface area contributed by atoms with Gasteiger partial charge in [0.15, 0.2) is 5.75 Å². The van der Waals surface area contributed by atoms with E-state index in [1.165, 1.54) is 50.6 Å². The molecule has 0 aliphatic heterocycles. The maximum Gasteiger partial charge on any atom is 2.00 e. The van der Waals surface area contributed by atoms with E-state index in [0.29, 0.717) is 38.7 Å². The molecule has 380 valence electrons. The predicted octanol–water partition coefficient (Wildman–Crippen LogP) is 11.5.